The minimum absolute atomic E-state index is 0.302. The molecule has 3 fully saturated rings. The SMILES string of the molecule is CC(C)C1CCC(Br)C(CC2CCC3(CCCCC3)O2)C1. The van der Waals surface area contributed by atoms with Gasteiger partial charge in [0.25, 0.3) is 0 Å². The van der Waals surface area contributed by atoms with Crippen LogP contribution in [0.3, 0.4) is 0 Å². The minimum Gasteiger partial charge on any atom is -0.372 e. The van der Waals surface area contributed by atoms with E-state index < -0.39 is 0 Å². The third-order valence-electron chi connectivity index (χ3n) is 6.54. The van der Waals surface area contributed by atoms with Gasteiger partial charge in [-0.1, -0.05) is 49.0 Å². The quantitative estimate of drug-likeness (QED) is 0.555. The second-order valence-electron chi connectivity index (χ2n) is 8.35. The number of hydrogen-bond donors (Lipinski definition) is 0. The number of rotatable bonds is 3. The Morgan fingerprint density at radius 1 is 1.05 bits per heavy atom. The van der Waals surface area contributed by atoms with E-state index in [2.05, 4.69) is 29.8 Å². The van der Waals surface area contributed by atoms with Gasteiger partial charge in [-0.25, -0.2) is 0 Å². The highest BCUT2D eigenvalue weighted by Gasteiger charge is 2.42. The summed E-state index contributed by atoms with van der Waals surface area (Å²) in [7, 11) is 0. The molecule has 0 amide bonds. The maximum Gasteiger partial charge on any atom is 0.0687 e. The van der Waals surface area contributed by atoms with E-state index in [0.717, 1.165) is 22.6 Å². The van der Waals surface area contributed by atoms with E-state index in [4.69, 9.17) is 4.74 Å². The molecule has 4 unspecified atom stereocenters. The van der Waals surface area contributed by atoms with E-state index in [1.165, 1.54) is 70.6 Å². The number of ether oxygens (including phenoxy) is 1. The summed E-state index contributed by atoms with van der Waals surface area (Å²) in [5.74, 6) is 2.63. The molecule has 1 heterocycles. The number of hydrogen-bond acceptors (Lipinski definition) is 1. The van der Waals surface area contributed by atoms with E-state index in [1.807, 2.05) is 0 Å². The first-order valence-electron chi connectivity index (χ1n) is 9.40. The molecule has 0 aromatic rings. The van der Waals surface area contributed by atoms with Gasteiger partial charge in [0.1, 0.15) is 0 Å². The van der Waals surface area contributed by atoms with E-state index in [0.29, 0.717) is 11.7 Å². The molecule has 21 heavy (non-hydrogen) atoms. The van der Waals surface area contributed by atoms with Gasteiger partial charge in [0.15, 0.2) is 0 Å². The van der Waals surface area contributed by atoms with E-state index in [9.17, 15) is 0 Å². The Morgan fingerprint density at radius 2 is 1.81 bits per heavy atom. The molecule has 2 heteroatoms. The standard InChI is InChI=1S/C19H33BrO/c1-14(2)15-6-7-18(20)16(12-15)13-17-8-11-19(21-17)9-4-3-5-10-19/h14-18H,3-13H2,1-2H3. The predicted octanol–water partition coefficient (Wildman–Crippen LogP) is 6.09. The van der Waals surface area contributed by atoms with Gasteiger partial charge in [0, 0.05) is 4.83 Å². The van der Waals surface area contributed by atoms with Gasteiger partial charge >= 0.3 is 0 Å². The molecule has 2 aliphatic carbocycles. The average Bonchev–Trinajstić information content (AvgIpc) is 2.84. The van der Waals surface area contributed by atoms with Crippen LogP contribution in [0.2, 0.25) is 0 Å². The van der Waals surface area contributed by atoms with E-state index in [-0.39, 0.29) is 0 Å². The molecule has 1 aliphatic heterocycles. The molecule has 0 N–H and O–H groups in total. The summed E-state index contributed by atoms with van der Waals surface area (Å²) in [4.78, 5) is 0.735. The maximum absolute atomic E-state index is 6.62. The summed E-state index contributed by atoms with van der Waals surface area (Å²) in [5.41, 5.74) is 0.302. The zero-order valence-electron chi connectivity index (χ0n) is 14.0. The van der Waals surface area contributed by atoms with Crippen LogP contribution < -0.4 is 0 Å². The summed E-state index contributed by atoms with van der Waals surface area (Å²) in [6, 6.07) is 0. The molecule has 0 radical (unpaired) electrons. The van der Waals surface area contributed by atoms with Crippen molar-refractivity contribution in [3.63, 3.8) is 0 Å². The Bertz CT molecular complexity index is 334. The molecule has 3 aliphatic rings. The van der Waals surface area contributed by atoms with Crippen LogP contribution in [-0.2, 0) is 4.74 Å². The summed E-state index contributed by atoms with van der Waals surface area (Å²) in [6.45, 7) is 4.80. The van der Waals surface area contributed by atoms with Crippen molar-refractivity contribution in [2.75, 3.05) is 0 Å². The third kappa shape index (κ3) is 3.86. The van der Waals surface area contributed by atoms with Crippen molar-refractivity contribution < 1.29 is 4.74 Å². The van der Waals surface area contributed by atoms with Gasteiger partial charge in [-0.2, -0.15) is 0 Å². The zero-order valence-corrected chi connectivity index (χ0v) is 15.5. The lowest BCUT2D eigenvalue weighted by Gasteiger charge is -2.37. The first-order valence-corrected chi connectivity index (χ1v) is 10.3. The fourth-order valence-corrected chi connectivity index (χ4v) is 5.77. The molecule has 0 aromatic heterocycles. The van der Waals surface area contributed by atoms with Crippen molar-refractivity contribution in [3.05, 3.63) is 0 Å². The average molecular weight is 357 g/mol. The van der Waals surface area contributed by atoms with Crippen molar-refractivity contribution in [1.82, 2.24) is 0 Å². The molecule has 1 spiro atoms. The first-order chi connectivity index (χ1) is 10.1. The summed E-state index contributed by atoms with van der Waals surface area (Å²) in [6.07, 6.45) is 15.6. The van der Waals surface area contributed by atoms with Crippen LogP contribution in [0.1, 0.15) is 84.5 Å². The van der Waals surface area contributed by atoms with Gasteiger partial charge in [-0.05, 0) is 69.1 Å². The van der Waals surface area contributed by atoms with Crippen LogP contribution in [0.5, 0.6) is 0 Å². The minimum atomic E-state index is 0.302. The maximum atomic E-state index is 6.62. The third-order valence-corrected chi connectivity index (χ3v) is 7.75. The summed E-state index contributed by atoms with van der Waals surface area (Å²) < 4.78 is 6.62. The monoisotopic (exact) mass is 356 g/mol. The van der Waals surface area contributed by atoms with E-state index in [1.54, 1.807) is 0 Å². The fourth-order valence-electron chi connectivity index (χ4n) is 5.08. The van der Waals surface area contributed by atoms with Crippen LogP contribution in [0.15, 0.2) is 0 Å². The molecule has 1 nitrogen and oxygen atoms in total. The summed E-state index contributed by atoms with van der Waals surface area (Å²) >= 11 is 3.97. The Morgan fingerprint density at radius 3 is 2.52 bits per heavy atom. The van der Waals surface area contributed by atoms with Crippen LogP contribution in [0, 0.1) is 17.8 Å². The van der Waals surface area contributed by atoms with Crippen molar-refractivity contribution in [2.24, 2.45) is 17.8 Å². The van der Waals surface area contributed by atoms with Crippen molar-refractivity contribution in [3.8, 4) is 0 Å². The summed E-state index contributed by atoms with van der Waals surface area (Å²) in [5, 5.41) is 0. The highest BCUT2D eigenvalue weighted by molar-refractivity contribution is 9.09. The van der Waals surface area contributed by atoms with Crippen molar-refractivity contribution >= 4 is 15.9 Å². The number of alkyl halides is 1. The Hall–Kier alpha value is 0.440. The molecule has 122 valence electrons. The molecule has 0 aromatic carbocycles. The predicted molar refractivity (Wildman–Crippen MR) is 92.9 cm³/mol. The van der Waals surface area contributed by atoms with Crippen LogP contribution in [0.4, 0.5) is 0 Å². The van der Waals surface area contributed by atoms with Crippen LogP contribution in [0.25, 0.3) is 0 Å². The molecule has 2 saturated carbocycles. The van der Waals surface area contributed by atoms with Gasteiger partial charge in [-0.3, -0.25) is 0 Å². The Balaban J connectivity index is 1.54. The lowest BCUT2D eigenvalue weighted by Crippen LogP contribution is -2.34. The molecule has 0 bridgehead atoms. The van der Waals surface area contributed by atoms with Gasteiger partial charge in [0.05, 0.1) is 11.7 Å². The highest BCUT2D eigenvalue weighted by Crippen LogP contribution is 2.46. The van der Waals surface area contributed by atoms with Crippen molar-refractivity contribution in [2.45, 2.75) is 101 Å². The molecular formula is C19H33BrO. The van der Waals surface area contributed by atoms with Gasteiger partial charge in [-0.15, -0.1) is 0 Å². The topological polar surface area (TPSA) is 9.23 Å². The fraction of sp³-hybridized carbons (Fsp3) is 1.00. The largest absolute Gasteiger partial charge is 0.372 e. The lowest BCUT2D eigenvalue weighted by atomic mass is 9.74. The normalized spacial score (nSPS) is 40.0. The zero-order chi connectivity index (χ0) is 14.9. The van der Waals surface area contributed by atoms with Crippen molar-refractivity contribution in [1.29, 1.82) is 0 Å². The van der Waals surface area contributed by atoms with E-state index >= 15 is 0 Å². The smallest absolute Gasteiger partial charge is 0.0687 e. The Labute approximate surface area is 139 Å². The Kier molecular flexibility index (Phi) is 5.36. The molecule has 1 saturated heterocycles. The van der Waals surface area contributed by atoms with Crippen LogP contribution in [-0.4, -0.2) is 16.5 Å². The molecule has 4 atom stereocenters. The first kappa shape index (κ1) is 16.3. The van der Waals surface area contributed by atoms with Gasteiger partial charge in [0.2, 0.25) is 0 Å². The molecular weight excluding hydrogens is 324 g/mol. The second kappa shape index (κ2) is 6.91. The highest BCUT2D eigenvalue weighted by atomic mass is 79.9. The lowest BCUT2D eigenvalue weighted by molar-refractivity contribution is -0.0716. The van der Waals surface area contributed by atoms with Gasteiger partial charge < -0.3 is 4.74 Å². The van der Waals surface area contributed by atoms with Crippen LogP contribution >= 0.6 is 15.9 Å². The second-order valence-corrected chi connectivity index (χ2v) is 9.53. The molecule has 3 rings (SSSR count). The number of halogens is 1.